The maximum atomic E-state index is 13.4. The topological polar surface area (TPSA) is 61.9 Å². The molecule has 0 aromatic heterocycles. The van der Waals surface area contributed by atoms with Crippen molar-refractivity contribution in [3.63, 3.8) is 0 Å². The average molecular weight is 371 g/mol. The molecule has 1 fully saturated rings. The maximum Gasteiger partial charge on any atom is 0.322 e. The van der Waals surface area contributed by atoms with Gasteiger partial charge in [0.25, 0.3) is 5.91 Å². The molecule has 2 aromatic carbocycles. The van der Waals surface area contributed by atoms with Crippen molar-refractivity contribution in [2.75, 3.05) is 38.1 Å². The van der Waals surface area contributed by atoms with Gasteiger partial charge in [-0.15, -0.1) is 0 Å². The smallest absolute Gasteiger partial charge is 0.322 e. The van der Waals surface area contributed by atoms with E-state index >= 15 is 0 Å². The summed E-state index contributed by atoms with van der Waals surface area (Å²) in [6, 6.07) is 12.8. The number of amides is 3. The minimum absolute atomic E-state index is 0.0344. The molecule has 1 aliphatic heterocycles. The molecule has 0 saturated carbocycles. The Hall–Kier alpha value is -3.09. The molecule has 0 unspecified atom stereocenters. The lowest BCUT2D eigenvalue weighted by Crippen LogP contribution is -2.51. The van der Waals surface area contributed by atoms with Gasteiger partial charge in [-0.25, -0.2) is 9.18 Å². The number of nitrogens with zero attached hydrogens (tertiary/aromatic N) is 2. The highest BCUT2D eigenvalue weighted by Gasteiger charge is 2.25. The summed E-state index contributed by atoms with van der Waals surface area (Å²) in [5, 5.41) is 2.76. The zero-order chi connectivity index (χ0) is 19.2. The Morgan fingerprint density at radius 3 is 2.37 bits per heavy atom. The number of ether oxygens (including phenoxy) is 1. The average Bonchev–Trinajstić information content (AvgIpc) is 2.70. The fourth-order valence-electron chi connectivity index (χ4n) is 2.94. The Balaban J connectivity index is 1.58. The highest BCUT2D eigenvalue weighted by molar-refractivity contribution is 5.95. The van der Waals surface area contributed by atoms with Gasteiger partial charge in [0.05, 0.1) is 12.3 Å². The highest BCUT2D eigenvalue weighted by Crippen LogP contribution is 2.26. The fraction of sp³-hybridized carbons (Fsp3) is 0.300. The standard InChI is InChI=1S/C20H22FN3O3/c1-2-27-18-14-16(21)8-9-17(18)22-20(26)24-12-10-23(11-13-24)19(25)15-6-4-3-5-7-15/h3-9,14H,2,10-13H2,1H3,(H,22,26). The summed E-state index contributed by atoms with van der Waals surface area (Å²) in [6.45, 7) is 3.93. The molecule has 0 spiro atoms. The molecule has 0 aliphatic carbocycles. The third-order valence-corrected chi connectivity index (χ3v) is 4.36. The first kappa shape index (κ1) is 18.7. The second-order valence-corrected chi connectivity index (χ2v) is 6.15. The number of piperazine rings is 1. The number of urea groups is 1. The van der Waals surface area contributed by atoms with E-state index in [0.29, 0.717) is 49.8 Å². The Labute approximate surface area is 157 Å². The normalized spacial score (nSPS) is 14.0. The lowest BCUT2D eigenvalue weighted by Gasteiger charge is -2.34. The van der Waals surface area contributed by atoms with Crippen LogP contribution in [-0.4, -0.2) is 54.5 Å². The fourth-order valence-corrected chi connectivity index (χ4v) is 2.94. The molecule has 27 heavy (non-hydrogen) atoms. The number of carbonyl (C=O) groups is 2. The largest absolute Gasteiger partial charge is 0.492 e. The van der Waals surface area contributed by atoms with E-state index in [1.807, 2.05) is 18.2 Å². The Morgan fingerprint density at radius 1 is 1.04 bits per heavy atom. The van der Waals surface area contributed by atoms with E-state index < -0.39 is 5.82 Å². The van der Waals surface area contributed by atoms with E-state index in [9.17, 15) is 14.0 Å². The molecule has 1 N–H and O–H groups in total. The van der Waals surface area contributed by atoms with Crippen LogP contribution in [-0.2, 0) is 0 Å². The van der Waals surface area contributed by atoms with Crippen LogP contribution in [0.2, 0.25) is 0 Å². The zero-order valence-electron chi connectivity index (χ0n) is 15.2. The number of benzene rings is 2. The second-order valence-electron chi connectivity index (χ2n) is 6.15. The number of rotatable bonds is 4. The molecule has 6 nitrogen and oxygen atoms in total. The van der Waals surface area contributed by atoms with E-state index in [4.69, 9.17) is 4.74 Å². The van der Waals surface area contributed by atoms with Crippen LogP contribution in [0.15, 0.2) is 48.5 Å². The Bertz CT molecular complexity index is 805. The minimum Gasteiger partial charge on any atom is -0.492 e. The van der Waals surface area contributed by atoms with Gasteiger partial charge < -0.3 is 19.9 Å². The van der Waals surface area contributed by atoms with Gasteiger partial charge in [-0.3, -0.25) is 4.79 Å². The van der Waals surface area contributed by atoms with Crippen LogP contribution in [0, 0.1) is 5.82 Å². The predicted octanol–water partition coefficient (Wildman–Crippen LogP) is 3.21. The number of hydrogen-bond acceptors (Lipinski definition) is 3. The predicted molar refractivity (Wildman–Crippen MR) is 101 cm³/mol. The van der Waals surface area contributed by atoms with Gasteiger partial charge in [0.1, 0.15) is 11.6 Å². The van der Waals surface area contributed by atoms with Crippen LogP contribution in [0.1, 0.15) is 17.3 Å². The van der Waals surface area contributed by atoms with Crippen molar-refractivity contribution in [2.24, 2.45) is 0 Å². The number of nitrogens with one attached hydrogen (secondary N) is 1. The number of anilines is 1. The quantitative estimate of drug-likeness (QED) is 0.898. The Morgan fingerprint density at radius 2 is 1.70 bits per heavy atom. The van der Waals surface area contributed by atoms with Crippen LogP contribution in [0.5, 0.6) is 5.75 Å². The van der Waals surface area contributed by atoms with Crippen LogP contribution < -0.4 is 10.1 Å². The van der Waals surface area contributed by atoms with Crippen molar-refractivity contribution in [1.82, 2.24) is 9.80 Å². The van der Waals surface area contributed by atoms with E-state index in [1.165, 1.54) is 18.2 Å². The van der Waals surface area contributed by atoms with Gasteiger partial charge in [-0.1, -0.05) is 18.2 Å². The van der Waals surface area contributed by atoms with Gasteiger partial charge in [-0.2, -0.15) is 0 Å². The van der Waals surface area contributed by atoms with Crippen molar-refractivity contribution in [3.8, 4) is 5.75 Å². The number of halogens is 1. The molecule has 0 bridgehead atoms. The van der Waals surface area contributed by atoms with Gasteiger partial charge in [0, 0.05) is 37.8 Å². The van der Waals surface area contributed by atoms with E-state index in [-0.39, 0.29) is 11.9 Å². The minimum atomic E-state index is -0.426. The van der Waals surface area contributed by atoms with Crippen molar-refractivity contribution >= 4 is 17.6 Å². The van der Waals surface area contributed by atoms with Crippen LogP contribution in [0.3, 0.4) is 0 Å². The van der Waals surface area contributed by atoms with E-state index in [2.05, 4.69) is 5.32 Å². The summed E-state index contributed by atoms with van der Waals surface area (Å²) in [5.74, 6) is -0.166. The van der Waals surface area contributed by atoms with E-state index in [0.717, 1.165) is 0 Å². The summed E-state index contributed by atoms with van der Waals surface area (Å²) < 4.78 is 18.8. The van der Waals surface area contributed by atoms with Crippen LogP contribution >= 0.6 is 0 Å². The molecular weight excluding hydrogens is 349 g/mol. The third kappa shape index (κ3) is 4.55. The zero-order valence-corrected chi connectivity index (χ0v) is 15.2. The number of hydrogen-bond donors (Lipinski definition) is 1. The molecule has 1 heterocycles. The van der Waals surface area contributed by atoms with Crippen molar-refractivity contribution in [3.05, 3.63) is 59.9 Å². The summed E-state index contributed by atoms with van der Waals surface area (Å²) in [4.78, 5) is 28.4. The molecule has 3 amide bonds. The first-order valence-electron chi connectivity index (χ1n) is 8.91. The van der Waals surface area contributed by atoms with E-state index in [1.54, 1.807) is 28.9 Å². The Kier molecular flexibility index (Phi) is 5.90. The molecule has 1 aliphatic rings. The summed E-state index contributed by atoms with van der Waals surface area (Å²) in [6.07, 6.45) is 0. The lowest BCUT2D eigenvalue weighted by atomic mass is 10.2. The molecule has 2 aromatic rings. The molecule has 3 rings (SSSR count). The molecule has 0 radical (unpaired) electrons. The van der Waals surface area contributed by atoms with Gasteiger partial charge >= 0.3 is 6.03 Å². The SMILES string of the molecule is CCOc1cc(F)ccc1NC(=O)N1CCN(C(=O)c2ccccc2)CC1. The molecule has 0 atom stereocenters. The molecule has 7 heteroatoms. The molecular formula is C20H22FN3O3. The summed E-state index contributed by atoms with van der Waals surface area (Å²) in [5.41, 5.74) is 1.06. The van der Waals surface area contributed by atoms with Crippen molar-refractivity contribution in [1.29, 1.82) is 0 Å². The monoisotopic (exact) mass is 371 g/mol. The summed E-state index contributed by atoms with van der Waals surface area (Å²) in [7, 11) is 0. The second kappa shape index (κ2) is 8.53. The maximum absolute atomic E-state index is 13.4. The van der Waals surface area contributed by atoms with Crippen molar-refractivity contribution in [2.45, 2.75) is 6.92 Å². The first-order chi connectivity index (χ1) is 13.1. The van der Waals surface area contributed by atoms with Crippen LogP contribution in [0.25, 0.3) is 0 Å². The first-order valence-corrected chi connectivity index (χ1v) is 8.91. The number of carbonyl (C=O) groups excluding carboxylic acids is 2. The van der Waals surface area contributed by atoms with Gasteiger partial charge in [0.15, 0.2) is 0 Å². The van der Waals surface area contributed by atoms with Crippen molar-refractivity contribution < 1.29 is 18.7 Å². The van der Waals surface area contributed by atoms with Gasteiger partial charge in [-0.05, 0) is 31.2 Å². The highest BCUT2D eigenvalue weighted by atomic mass is 19.1. The van der Waals surface area contributed by atoms with Gasteiger partial charge in [0.2, 0.25) is 0 Å². The lowest BCUT2D eigenvalue weighted by molar-refractivity contribution is 0.0671. The summed E-state index contributed by atoms with van der Waals surface area (Å²) >= 11 is 0. The third-order valence-electron chi connectivity index (χ3n) is 4.36. The molecule has 1 saturated heterocycles. The van der Waals surface area contributed by atoms with Crippen LogP contribution in [0.4, 0.5) is 14.9 Å². The molecule has 142 valence electrons.